The van der Waals surface area contributed by atoms with Crippen molar-refractivity contribution in [2.24, 2.45) is 5.11 Å². The lowest BCUT2D eigenvalue weighted by Gasteiger charge is -2.41. The minimum atomic E-state index is -8.50. The molecule has 0 aromatic carbocycles. The number of carbonyl (C=O) groups excluding carboxylic acids is 1. The van der Waals surface area contributed by atoms with Gasteiger partial charge < -0.3 is 4.74 Å². The van der Waals surface area contributed by atoms with Crippen LogP contribution < -0.4 is 0 Å². The maximum atomic E-state index is 13.8. The Morgan fingerprint density at radius 3 is 1.50 bits per heavy atom. The van der Waals surface area contributed by atoms with Crippen LogP contribution in [0.15, 0.2) is 16.9 Å². The lowest BCUT2D eigenvalue weighted by Crippen LogP contribution is -2.72. The number of hydrogen-bond acceptors (Lipinski definition) is 3. The van der Waals surface area contributed by atoms with Crippen LogP contribution in [0, 0.1) is 0 Å². The molecule has 0 aromatic heterocycles. The number of esters is 1. The molecular formula is C12H6F15N3O2. The van der Waals surface area contributed by atoms with Crippen molar-refractivity contribution in [1.82, 2.24) is 0 Å². The van der Waals surface area contributed by atoms with Gasteiger partial charge in [-0.05, 0) is 12.5 Å². The molecule has 0 heterocycles. The molecule has 20 heteroatoms. The molecule has 0 saturated carbocycles. The second kappa shape index (κ2) is 8.43. The van der Waals surface area contributed by atoms with E-state index < -0.39 is 66.1 Å². The van der Waals surface area contributed by atoms with Gasteiger partial charge in [-0.15, -0.1) is 0 Å². The quantitative estimate of drug-likeness (QED) is 0.0939. The lowest BCUT2D eigenvalue weighted by atomic mass is 9.90. The van der Waals surface area contributed by atoms with Gasteiger partial charge in [-0.25, -0.2) is 4.79 Å². The van der Waals surface area contributed by atoms with Crippen LogP contribution in [0.5, 0.6) is 0 Å². The maximum absolute atomic E-state index is 13.8. The molecule has 0 aliphatic rings. The smallest absolute Gasteiger partial charge is 0.460 e. The SMILES string of the molecule is CCOC(=O)/C=C(\N=[N+]=[N-])C(F)(F)C(F)(F)C(F)(F)C(F)(F)C(F)(F)C(F)(F)C(F)(F)F. The minimum absolute atomic E-state index is 0.714. The molecule has 0 fully saturated rings. The fourth-order valence-electron chi connectivity index (χ4n) is 1.65. The van der Waals surface area contributed by atoms with E-state index in [4.69, 9.17) is 5.53 Å². The van der Waals surface area contributed by atoms with Crippen LogP contribution in [0.3, 0.4) is 0 Å². The van der Waals surface area contributed by atoms with E-state index in [0.717, 1.165) is 6.92 Å². The summed E-state index contributed by atoms with van der Waals surface area (Å²) in [7, 11) is 0. The Kier molecular flexibility index (Phi) is 7.77. The van der Waals surface area contributed by atoms with E-state index in [1.807, 2.05) is 0 Å². The summed E-state index contributed by atoms with van der Waals surface area (Å²) in [4.78, 5) is 12.4. The molecule has 186 valence electrons. The number of nitrogens with zero attached hydrogens (tertiary/aromatic N) is 3. The molecule has 0 bridgehead atoms. The molecule has 5 nitrogen and oxygen atoms in total. The zero-order valence-corrected chi connectivity index (χ0v) is 14.6. The number of ether oxygens (including phenoxy) is 1. The molecule has 0 radical (unpaired) electrons. The summed E-state index contributed by atoms with van der Waals surface area (Å²) >= 11 is 0. The Bertz CT molecular complexity index is 796. The van der Waals surface area contributed by atoms with Gasteiger partial charge >= 0.3 is 47.7 Å². The van der Waals surface area contributed by atoms with Crippen molar-refractivity contribution in [3.8, 4) is 0 Å². The number of alkyl halides is 15. The minimum Gasteiger partial charge on any atom is -0.463 e. The molecule has 0 aliphatic heterocycles. The van der Waals surface area contributed by atoms with E-state index in [-0.39, 0.29) is 0 Å². The van der Waals surface area contributed by atoms with Gasteiger partial charge in [0.25, 0.3) is 0 Å². The average Bonchev–Trinajstić information content (AvgIpc) is 2.59. The second-order valence-electron chi connectivity index (χ2n) is 5.42. The monoisotopic (exact) mass is 509 g/mol. The van der Waals surface area contributed by atoms with Gasteiger partial charge in [0, 0.05) is 11.0 Å². The number of allylic oxidation sites excluding steroid dienone is 1. The highest BCUT2D eigenvalue weighted by atomic mass is 19.4. The summed E-state index contributed by atoms with van der Waals surface area (Å²) in [6.07, 6.45) is -8.69. The maximum Gasteiger partial charge on any atom is 0.460 e. The van der Waals surface area contributed by atoms with Gasteiger partial charge in [0.15, 0.2) is 0 Å². The Hall–Kier alpha value is -2.53. The lowest BCUT2D eigenvalue weighted by molar-refractivity contribution is -0.450. The average molecular weight is 509 g/mol. The Labute approximate surface area is 165 Å². The molecule has 0 N–H and O–H groups in total. The van der Waals surface area contributed by atoms with Crippen LogP contribution in [-0.2, 0) is 9.53 Å². The highest BCUT2D eigenvalue weighted by Gasteiger charge is 2.93. The van der Waals surface area contributed by atoms with Crippen molar-refractivity contribution in [2.75, 3.05) is 6.61 Å². The molecule has 0 aromatic rings. The fraction of sp³-hybridized carbons (Fsp3) is 0.750. The number of rotatable bonds is 9. The van der Waals surface area contributed by atoms with E-state index in [9.17, 15) is 70.7 Å². The van der Waals surface area contributed by atoms with Crippen molar-refractivity contribution >= 4 is 5.97 Å². The van der Waals surface area contributed by atoms with Crippen molar-refractivity contribution < 1.29 is 75.4 Å². The van der Waals surface area contributed by atoms with Gasteiger partial charge in [0.05, 0.1) is 12.3 Å². The molecule has 0 atom stereocenters. The van der Waals surface area contributed by atoms with E-state index in [1.54, 1.807) is 5.11 Å². The van der Waals surface area contributed by atoms with Gasteiger partial charge in [0.2, 0.25) is 0 Å². The number of carbonyl (C=O) groups is 1. The fourth-order valence-corrected chi connectivity index (χ4v) is 1.65. The van der Waals surface area contributed by atoms with Crippen LogP contribution in [0.2, 0.25) is 0 Å². The predicted octanol–water partition coefficient (Wildman–Crippen LogP) is 6.12. The molecule has 0 aliphatic carbocycles. The highest BCUT2D eigenvalue weighted by Crippen LogP contribution is 2.63. The first-order chi connectivity index (χ1) is 13.9. The number of hydrogen-bond donors (Lipinski definition) is 0. The second-order valence-corrected chi connectivity index (χ2v) is 5.42. The summed E-state index contributed by atoms with van der Waals surface area (Å²) in [5.74, 6) is -50.5. The first-order valence-electron chi connectivity index (χ1n) is 7.19. The Balaban J connectivity index is 6.88. The van der Waals surface area contributed by atoms with Crippen LogP contribution in [0.1, 0.15) is 6.92 Å². The topological polar surface area (TPSA) is 75.1 Å². The summed E-state index contributed by atoms with van der Waals surface area (Å²) in [6, 6.07) is 0. The summed E-state index contributed by atoms with van der Waals surface area (Å²) in [5, 5.41) is 1.65. The Morgan fingerprint density at radius 2 is 1.16 bits per heavy atom. The summed E-state index contributed by atoms with van der Waals surface area (Å²) in [5.41, 5.74) is 4.86. The van der Waals surface area contributed by atoms with Crippen LogP contribution in [0.4, 0.5) is 65.9 Å². The van der Waals surface area contributed by atoms with Crippen molar-refractivity contribution in [2.45, 2.75) is 48.6 Å². The van der Waals surface area contributed by atoms with Crippen molar-refractivity contribution in [1.29, 1.82) is 0 Å². The zero-order valence-electron chi connectivity index (χ0n) is 14.6. The van der Waals surface area contributed by atoms with E-state index in [0.29, 0.717) is 0 Å². The molecule has 0 amide bonds. The van der Waals surface area contributed by atoms with Gasteiger partial charge in [-0.2, -0.15) is 65.9 Å². The van der Waals surface area contributed by atoms with Crippen molar-refractivity contribution in [3.05, 3.63) is 22.2 Å². The van der Waals surface area contributed by atoms with E-state index >= 15 is 0 Å². The summed E-state index contributed by atoms with van der Waals surface area (Å²) < 4.78 is 200. The van der Waals surface area contributed by atoms with Gasteiger partial charge in [-0.3, -0.25) is 0 Å². The number of azide groups is 1. The Morgan fingerprint density at radius 1 is 0.781 bits per heavy atom. The third-order valence-electron chi connectivity index (χ3n) is 3.34. The first-order valence-corrected chi connectivity index (χ1v) is 7.19. The van der Waals surface area contributed by atoms with Crippen molar-refractivity contribution in [3.63, 3.8) is 0 Å². The zero-order chi connectivity index (χ0) is 26.2. The predicted molar refractivity (Wildman–Crippen MR) is 69.6 cm³/mol. The van der Waals surface area contributed by atoms with E-state index in [2.05, 4.69) is 4.74 Å². The molecule has 0 rings (SSSR count). The molecule has 0 saturated heterocycles. The molecular weight excluding hydrogens is 503 g/mol. The van der Waals surface area contributed by atoms with E-state index in [1.165, 1.54) is 4.91 Å². The highest BCUT2D eigenvalue weighted by molar-refractivity contribution is 5.83. The number of halogens is 15. The van der Waals surface area contributed by atoms with Crippen LogP contribution >= 0.6 is 0 Å². The van der Waals surface area contributed by atoms with Gasteiger partial charge in [0.1, 0.15) is 0 Å². The molecule has 0 spiro atoms. The molecule has 32 heavy (non-hydrogen) atoms. The summed E-state index contributed by atoms with van der Waals surface area (Å²) in [6.45, 7) is 0.247. The third-order valence-corrected chi connectivity index (χ3v) is 3.34. The first kappa shape index (κ1) is 29.5. The third kappa shape index (κ3) is 4.23. The normalized spacial score (nSPS) is 15.3. The van der Waals surface area contributed by atoms with Gasteiger partial charge in [-0.1, -0.05) is 5.11 Å². The standard InChI is InChI=1S/C12H6F15N3O2/c1-2-32-5(31)3-4(29-30-28)6(13,14)7(15,16)8(17,18)9(19,20)10(21,22)11(23,24)12(25,26)27/h3H,2H2,1H3/b4-3-. The largest absolute Gasteiger partial charge is 0.463 e. The van der Waals surface area contributed by atoms with Crippen LogP contribution in [0.25, 0.3) is 10.4 Å². The van der Waals surface area contributed by atoms with Crippen LogP contribution in [-0.4, -0.2) is 54.3 Å². The molecule has 0 unspecified atom stereocenters.